The maximum Gasteiger partial charge on any atom is 0.227 e. The molecule has 3 aromatic rings. The number of anilines is 2. The van der Waals surface area contributed by atoms with Crippen LogP contribution >= 0.6 is 34.8 Å². The fraction of sp³-hybridized carbons (Fsp3) is 0.231. The monoisotopic (exact) mass is 515 g/mol. The van der Waals surface area contributed by atoms with E-state index in [1.54, 1.807) is 18.2 Å². The van der Waals surface area contributed by atoms with Gasteiger partial charge in [-0.3, -0.25) is 9.59 Å². The molecule has 176 valence electrons. The molecular weight excluding hydrogens is 493 g/mol. The summed E-state index contributed by atoms with van der Waals surface area (Å²) >= 11 is 18.8. The van der Waals surface area contributed by atoms with Gasteiger partial charge in [0.1, 0.15) is 0 Å². The van der Waals surface area contributed by atoms with E-state index < -0.39 is 0 Å². The van der Waals surface area contributed by atoms with Crippen LogP contribution in [0.1, 0.15) is 24.1 Å². The number of benzene rings is 3. The molecule has 0 radical (unpaired) electrons. The highest BCUT2D eigenvalue weighted by atomic mass is 35.5. The first-order valence-electron chi connectivity index (χ1n) is 10.9. The molecule has 1 aliphatic heterocycles. The minimum Gasteiger partial charge on any atom is -0.360 e. The smallest absolute Gasteiger partial charge is 0.227 e. The highest BCUT2D eigenvalue weighted by molar-refractivity contribution is 6.36. The summed E-state index contributed by atoms with van der Waals surface area (Å²) in [7, 11) is 0. The van der Waals surface area contributed by atoms with E-state index in [9.17, 15) is 9.59 Å². The maximum absolute atomic E-state index is 13.2. The summed E-state index contributed by atoms with van der Waals surface area (Å²) in [5.74, 6) is -0.0798. The van der Waals surface area contributed by atoms with Gasteiger partial charge in [-0.1, -0.05) is 59.1 Å². The van der Waals surface area contributed by atoms with Gasteiger partial charge in [-0.25, -0.2) is 0 Å². The van der Waals surface area contributed by atoms with Gasteiger partial charge in [-0.2, -0.15) is 0 Å². The van der Waals surface area contributed by atoms with E-state index in [0.29, 0.717) is 40.4 Å². The molecule has 1 aliphatic rings. The molecule has 1 N–H and O–H groups in total. The number of hydrogen-bond donors (Lipinski definition) is 1. The van der Waals surface area contributed by atoms with Gasteiger partial charge >= 0.3 is 0 Å². The molecule has 1 unspecified atom stereocenters. The summed E-state index contributed by atoms with van der Waals surface area (Å²) in [6.45, 7) is 3.18. The minimum absolute atomic E-state index is 0.0492. The van der Waals surface area contributed by atoms with Gasteiger partial charge in [-0.15, -0.1) is 0 Å². The summed E-state index contributed by atoms with van der Waals surface area (Å²) in [5.41, 5.74) is 3.53. The zero-order valence-electron chi connectivity index (χ0n) is 18.6. The molecule has 0 aromatic heterocycles. The molecule has 0 bridgehead atoms. The second kappa shape index (κ2) is 10.7. The number of carbonyl (C=O) groups excluding carboxylic acids is 2. The fourth-order valence-electron chi connectivity index (χ4n) is 4.18. The van der Waals surface area contributed by atoms with E-state index in [0.717, 1.165) is 16.8 Å². The third-order valence-corrected chi connectivity index (χ3v) is 6.63. The number of amides is 2. The Morgan fingerprint density at radius 2 is 1.59 bits per heavy atom. The van der Waals surface area contributed by atoms with Gasteiger partial charge in [0, 0.05) is 42.3 Å². The van der Waals surface area contributed by atoms with Gasteiger partial charge < -0.3 is 15.1 Å². The van der Waals surface area contributed by atoms with Crippen LogP contribution in [0, 0.1) is 0 Å². The van der Waals surface area contributed by atoms with Crippen LogP contribution in [-0.2, 0) is 16.0 Å². The predicted octanol–water partition coefficient (Wildman–Crippen LogP) is 6.24. The topological polar surface area (TPSA) is 52.7 Å². The van der Waals surface area contributed by atoms with Crippen molar-refractivity contribution in [3.8, 4) is 0 Å². The zero-order chi connectivity index (χ0) is 24.2. The van der Waals surface area contributed by atoms with Crippen LogP contribution in [-0.4, -0.2) is 36.3 Å². The van der Waals surface area contributed by atoms with Crippen LogP contribution in [0.3, 0.4) is 0 Å². The van der Waals surface area contributed by atoms with Crippen LogP contribution in [0.15, 0.2) is 66.7 Å². The average Bonchev–Trinajstić information content (AvgIpc) is 2.80. The largest absolute Gasteiger partial charge is 0.360 e. The summed E-state index contributed by atoms with van der Waals surface area (Å²) in [6.07, 6.45) is 0.287. The Balaban J connectivity index is 1.54. The molecule has 0 spiro atoms. The van der Waals surface area contributed by atoms with Crippen LogP contribution in [0.25, 0.3) is 0 Å². The Morgan fingerprint density at radius 1 is 0.912 bits per heavy atom. The summed E-state index contributed by atoms with van der Waals surface area (Å²) < 4.78 is 0. The third kappa shape index (κ3) is 5.84. The van der Waals surface area contributed by atoms with E-state index in [-0.39, 0.29) is 24.3 Å². The quantitative estimate of drug-likeness (QED) is 0.437. The molecule has 2 amide bonds. The van der Waals surface area contributed by atoms with Crippen molar-refractivity contribution in [1.29, 1.82) is 0 Å². The van der Waals surface area contributed by atoms with Crippen molar-refractivity contribution in [2.24, 2.45) is 0 Å². The second-order valence-electron chi connectivity index (χ2n) is 8.25. The lowest BCUT2D eigenvalue weighted by Crippen LogP contribution is -2.51. The minimum atomic E-state index is -0.129. The van der Waals surface area contributed by atoms with Crippen molar-refractivity contribution < 1.29 is 9.59 Å². The Hall–Kier alpha value is -2.73. The fourth-order valence-corrected chi connectivity index (χ4v) is 4.82. The Labute approximate surface area is 214 Å². The van der Waals surface area contributed by atoms with Crippen molar-refractivity contribution in [3.63, 3.8) is 0 Å². The van der Waals surface area contributed by atoms with Gasteiger partial charge in [0.25, 0.3) is 0 Å². The van der Waals surface area contributed by atoms with E-state index in [2.05, 4.69) is 10.2 Å². The van der Waals surface area contributed by atoms with Crippen LogP contribution < -0.4 is 10.2 Å². The molecule has 1 saturated heterocycles. The number of nitrogens with zero attached hydrogens (tertiary/aromatic N) is 2. The first kappa shape index (κ1) is 24.4. The summed E-state index contributed by atoms with van der Waals surface area (Å²) in [5, 5.41) is 4.55. The van der Waals surface area contributed by atoms with Crippen LogP contribution in [0.2, 0.25) is 15.1 Å². The maximum atomic E-state index is 13.2. The second-order valence-corrected chi connectivity index (χ2v) is 9.53. The van der Waals surface area contributed by atoms with Crippen molar-refractivity contribution in [1.82, 2.24) is 4.90 Å². The van der Waals surface area contributed by atoms with E-state index in [1.165, 1.54) is 6.92 Å². The number of piperazine rings is 1. The molecule has 3 aromatic carbocycles. The SMILES string of the molecule is CC(=O)Nc1ccc(CC(=O)N2CCN(c3ccc(Cl)cc3Cl)C(c3ccc(Cl)cc3)C2)cc1. The molecule has 0 aliphatic carbocycles. The van der Waals surface area contributed by atoms with E-state index in [4.69, 9.17) is 34.8 Å². The Kier molecular flexibility index (Phi) is 7.67. The predicted molar refractivity (Wildman–Crippen MR) is 139 cm³/mol. The molecule has 4 rings (SSSR count). The lowest BCUT2D eigenvalue weighted by Gasteiger charge is -2.43. The normalized spacial score (nSPS) is 15.8. The van der Waals surface area contributed by atoms with E-state index in [1.807, 2.05) is 53.4 Å². The average molecular weight is 517 g/mol. The molecular formula is C26H24Cl3N3O2. The first-order valence-corrected chi connectivity index (χ1v) is 12.0. The van der Waals surface area contributed by atoms with Gasteiger partial charge in [-0.05, 0) is 53.6 Å². The number of hydrogen-bond acceptors (Lipinski definition) is 3. The lowest BCUT2D eigenvalue weighted by molar-refractivity contribution is -0.131. The van der Waals surface area contributed by atoms with Gasteiger partial charge in [0.2, 0.25) is 11.8 Å². The van der Waals surface area contributed by atoms with Crippen molar-refractivity contribution in [3.05, 3.63) is 92.9 Å². The van der Waals surface area contributed by atoms with Crippen molar-refractivity contribution >= 4 is 58.0 Å². The van der Waals surface area contributed by atoms with Crippen LogP contribution in [0.5, 0.6) is 0 Å². The van der Waals surface area contributed by atoms with Gasteiger partial charge in [0.05, 0.1) is 23.2 Å². The highest BCUT2D eigenvalue weighted by Gasteiger charge is 2.31. The van der Waals surface area contributed by atoms with Crippen molar-refractivity contribution in [2.45, 2.75) is 19.4 Å². The number of carbonyl (C=O) groups is 2. The molecule has 1 atom stereocenters. The van der Waals surface area contributed by atoms with Gasteiger partial charge in [0.15, 0.2) is 0 Å². The molecule has 1 fully saturated rings. The Morgan fingerprint density at radius 3 is 2.24 bits per heavy atom. The molecule has 1 heterocycles. The first-order chi connectivity index (χ1) is 16.3. The standard InChI is InChI=1S/C26H24Cl3N3O2/c1-17(33)30-22-9-2-18(3-10-22)14-26(34)31-12-13-32(24-11-8-21(28)15-23(24)29)25(16-31)19-4-6-20(27)7-5-19/h2-11,15,25H,12-14,16H2,1H3,(H,30,33). The summed E-state index contributed by atoms with van der Waals surface area (Å²) in [6, 6.07) is 20.4. The molecule has 34 heavy (non-hydrogen) atoms. The highest BCUT2D eigenvalue weighted by Crippen LogP contribution is 2.37. The third-order valence-electron chi connectivity index (χ3n) is 5.84. The molecule has 8 heteroatoms. The molecule has 0 saturated carbocycles. The van der Waals surface area contributed by atoms with Crippen molar-refractivity contribution in [2.75, 3.05) is 29.9 Å². The lowest BCUT2D eigenvalue weighted by atomic mass is 10.0. The number of halogens is 3. The summed E-state index contributed by atoms with van der Waals surface area (Å²) in [4.78, 5) is 28.5. The number of rotatable bonds is 5. The zero-order valence-corrected chi connectivity index (χ0v) is 20.9. The molecule has 5 nitrogen and oxygen atoms in total. The Bertz CT molecular complexity index is 1180. The van der Waals surface area contributed by atoms with Crippen LogP contribution in [0.4, 0.5) is 11.4 Å². The van der Waals surface area contributed by atoms with E-state index >= 15 is 0 Å². The number of nitrogens with one attached hydrogen (secondary N) is 1.